The molecule has 0 spiro atoms. The molecule has 13 heteroatoms. The number of carbonyl (C=O) groups excluding carboxylic acids is 1. The topological polar surface area (TPSA) is 94.1 Å². The highest BCUT2D eigenvalue weighted by Gasteiger charge is 2.50. The molecule has 1 rings (SSSR count). The maximum Gasteiger partial charge on any atom is 0.511 e. The number of hydrogen-bond donors (Lipinski definition) is 2. The predicted molar refractivity (Wildman–Crippen MR) is 112 cm³/mol. The summed E-state index contributed by atoms with van der Waals surface area (Å²) in [6.07, 6.45) is 2.28. The van der Waals surface area contributed by atoms with Crippen molar-refractivity contribution in [1.82, 2.24) is 19.8 Å². The Morgan fingerprint density at radius 3 is 2.29 bits per heavy atom. The second-order valence-corrected chi connectivity index (χ2v) is 8.43. The number of nitrogens with one attached hydrogen (secondary N) is 2. The van der Waals surface area contributed by atoms with Gasteiger partial charge in [-0.3, -0.25) is 4.79 Å². The van der Waals surface area contributed by atoms with E-state index in [1.165, 1.54) is 4.90 Å². The number of likely N-dealkylation sites (N-methyl/N-ethyl adjacent to an activating group) is 1. The third kappa shape index (κ3) is 8.27. The maximum atomic E-state index is 12.6. The van der Waals surface area contributed by atoms with Gasteiger partial charge in [0.1, 0.15) is 6.54 Å². The number of nitrogens with zero attached hydrogens (tertiary/aromatic N) is 3. The van der Waals surface area contributed by atoms with E-state index in [9.17, 15) is 26.4 Å². The Balaban J connectivity index is 0.00000729. The summed E-state index contributed by atoms with van der Waals surface area (Å²) in [5.74, 6) is 0.216. The summed E-state index contributed by atoms with van der Waals surface area (Å²) in [5.41, 5.74) is -5.28. The zero-order valence-corrected chi connectivity index (χ0v) is 19.4. The molecule has 0 atom stereocenters. The second-order valence-electron chi connectivity index (χ2n) is 6.50. The van der Waals surface area contributed by atoms with Crippen LogP contribution in [0.3, 0.4) is 0 Å². The third-order valence-corrected chi connectivity index (χ3v) is 5.75. The first-order chi connectivity index (χ1) is 12.5. The zero-order chi connectivity index (χ0) is 20.7. The van der Waals surface area contributed by atoms with Crippen molar-refractivity contribution in [3.63, 3.8) is 0 Å². The normalized spacial score (nSPS) is 17.0. The number of rotatable bonds is 7. The van der Waals surface area contributed by atoms with Crippen LogP contribution in [0, 0.1) is 0 Å². The van der Waals surface area contributed by atoms with Crippen molar-refractivity contribution in [2.75, 3.05) is 40.3 Å². The molecule has 1 fully saturated rings. The average molecular weight is 543 g/mol. The number of alkyl halides is 3. The summed E-state index contributed by atoms with van der Waals surface area (Å²) in [4.78, 5) is 17.3. The molecule has 0 unspecified atom stereocenters. The van der Waals surface area contributed by atoms with E-state index in [1.54, 1.807) is 14.1 Å². The zero-order valence-electron chi connectivity index (χ0n) is 16.3. The minimum atomic E-state index is -5.29. The Morgan fingerprint density at radius 1 is 1.25 bits per heavy atom. The van der Waals surface area contributed by atoms with Crippen LogP contribution in [-0.4, -0.2) is 81.3 Å². The van der Waals surface area contributed by atoms with Gasteiger partial charge in [0.15, 0.2) is 5.96 Å². The van der Waals surface area contributed by atoms with Crippen molar-refractivity contribution in [1.29, 1.82) is 0 Å². The molecule has 1 saturated heterocycles. The molecular formula is C15H29F3IN5O3S. The quantitative estimate of drug-likeness (QED) is 0.219. The van der Waals surface area contributed by atoms with Gasteiger partial charge in [-0.1, -0.05) is 13.3 Å². The Hall–Kier alpha value is -0.830. The molecule has 0 aromatic rings. The Morgan fingerprint density at radius 2 is 1.82 bits per heavy atom. The summed E-state index contributed by atoms with van der Waals surface area (Å²) in [6, 6.07) is -0.230. The number of piperidine rings is 1. The molecule has 0 radical (unpaired) electrons. The van der Waals surface area contributed by atoms with E-state index in [4.69, 9.17) is 0 Å². The fraction of sp³-hybridized carbons (Fsp3) is 0.867. The van der Waals surface area contributed by atoms with Gasteiger partial charge in [-0.15, -0.1) is 24.0 Å². The van der Waals surface area contributed by atoms with E-state index in [0.29, 0.717) is 16.8 Å². The van der Waals surface area contributed by atoms with Crippen LogP contribution in [0.2, 0.25) is 0 Å². The lowest BCUT2D eigenvalue weighted by Crippen LogP contribution is -2.52. The monoisotopic (exact) mass is 543 g/mol. The summed E-state index contributed by atoms with van der Waals surface area (Å²) >= 11 is 0. The van der Waals surface area contributed by atoms with Gasteiger partial charge in [-0.05, 0) is 19.3 Å². The summed E-state index contributed by atoms with van der Waals surface area (Å²) in [7, 11) is -2.06. The number of hydrogen-bond acceptors (Lipinski definition) is 4. The van der Waals surface area contributed by atoms with Crippen LogP contribution in [0.1, 0.15) is 32.6 Å². The van der Waals surface area contributed by atoms with Gasteiger partial charge in [0.2, 0.25) is 5.91 Å². The van der Waals surface area contributed by atoms with Gasteiger partial charge in [-0.2, -0.15) is 17.5 Å². The number of aliphatic imine (C=N–C) groups is 1. The van der Waals surface area contributed by atoms with E-state index >= 15 is 0 Å². The standard InChI is InChI=1S/C15H28F3N5O3S.HI/c1-4-5-8-19-14(20-11-13(24)22(2)3)21-12-6-9-23(10-7-12)27(25,26)15(16,17)18;/h12H,4-11H2,1-3H3,(H2,19,20,21);1H. The smallest absolute Gasteiger partial charge is 0.356 e. The Bertz CT molecular complexity index is 621. The van der Waals surface area contributed by atoms with Gasteiger partial charge in [0.25, 0.3) is 0 Å². The number of halogens is 4. The average Bonchev–Trinajstić information content (AvgIpc) is 2.58. The molecule has 0 bridgehead atoms. The van der Waals surface area contributed by atoms with Gasteiger partial charge >= 0.3 is 15.5 Å². The van der Waals surface area contributed by atoms with Crippen LogP contribution >= 0.6 is 24.0 Å². The molecular weight excluding hydrogens is 514 g/mol. The molecule has 166 valence electrons. The molecule has 1 aliphatic rings. The van der Waals surface area contributed by atoms with E-state index < -0.39 is 15.5 Å². The summed E-state index contributed by atoms with van der Waals surface area (Å²) in [5, 5.41) is 6.17. The molecule has 1 heterocycles. The van der Waals surface area contributed by atoms with Crippen LogP contribution in [0.4, 0.5) is 13.2 Å². The van der Waals surface area contributed by atoms with Crippen molar-refractivity contribution in [3.8, 4) is 0 Å². The van der Waals surface area contributed by atoms with Crippen molar-refractivity contribution in [2.24, 2.45) is 4.99 Å². The number of carbonyl (C=O) groups is 1. The Kier molecular flexibility index (Phi) is 11.6. The fourth-order valence-corrected chi connectivity index (χ4v) is 3.39. The van der Waals surface area contributed by atoms with Gasteiger partial charge in [-0.25, -0.2) is 13.4 Å². The number of amides is 1. The molecule has 0 saturated carbocycles. The number of unbranched alkanes of at least 4 members (excludes halogenated alkanes) is 1. The van der Waals surface area contributed by atoms with Crippen molar-refractivity contribution in [3.05, 3.63) is 0 Å². The van der Waals surface area contributed by atoms with Crippen molar-refractivity contribution in [2.45, 2.75) is 44.2 Å². The maximum absolute atomic E-state index is 12.6. The lowest BCUT2D eigenvalue weighted by Gasteiger charge is -2.32. The molecule has 1 aliphatic heterocycles. The fourth-order valence-electron chi connectivity index (χ4n) is 2.40. The van der Waals surface area contributed by atoms with Crippen LogP contribution in [0.25, 0.3) is 0 Å². The highest BCUT2D eigenvalue weighted by Crippen LogP contribution is 2.28. The predicted octanol–water partition coefficient (Wildman–Crippen LogP) is 1.34. The lowest BCUT2D eigenvalue weighted by molar-refractivity contribution is -0.127. The van der Waals surface area contributed by atoms with E-state index in [2.05, 4.69) is 15.6 Å². The molecule has 28 heavy (non-hydrogen) atoms. The third-order valence-electron chi connectivity index (χ3n) is 4.12. The molecule has 2 N–H and O–H groups in total. The van der Waals surface area contributed by atoms with Crippen LogP contribution in [0.5, 0.6) is 0 Å². The summed E-state index contributed by atoms with van der Waals surface area (Å²) < 4.78 is 61.3. The van der Waals surface area contributed by atoms with Gasteiger partial charge in [0.05, 0.1) is 0 Å². The minimum Gasteiger partial charge on any atom is -0.356 e. The SMILES string of the molecule is CCCCNC(=NCC(=O)N(C)C)NC1CCN(S(=O)(=O)C(F)(F)F)CC1.I. The first-order valence-corrected chi connectivity index (χ1v) is 10.2. The highest BCUT2D eigenvalue weighted by molar-refractivity contribution is 14.0. The van der Waals surface area contributed by atoms with Gasteiger partial charge < -0.3 is 15.5 Å². The molecule has 0 aliphatic carbocycles. The second kappa shape index (κ2) is 12.0. The largest absolute Gasteiger partial charge is 0.511 e. The van der Waals surface area contributed by atoms with E-state index in [1.807, 2.05) is 6.92 Å². The number of guanidine groups is 1. The van der Waals surface area contributed by atoms with Crippen molar-refractivity contribution < 1.29 is 26.4 Å². The Labute approximate surface area is 181 Å². The molecule has 0 aromatic carbocycles. The van der Waals surface area contributed by atoms with E-state index in [0.717, 1.165) is 12.8 Å². The highest BCUT2D eigenvalue weighted by atomic mass is 127. The first-order valence-electron chi connectivity index (χ1n) is 8.80. The van der Waals surface area contributed by atoms with Gasteiger partial charge in [0, 0.05) is 39.8 Å². The van der Waals surface area contributed by atoms with Crippen molar-refractivity contribution >= 4 is 45.9 Å². The minimum absolute atomic E-state index is 0. The van der Waals surface area contributed by atoms with Crippen LogP contribution < -0.4 is 10.6 Å². The number of sulfonamides is 1. The first kappa shape index (κ1) is 27.2. The molecule has 1 amide bonds. The molecule has 8 nitrogen and oxygen atoms in total. The summed E-state index contributed by atoms with van der Waals surface area (Å²) in [6.45, 7) is 2.16. The van der Waals surface area contributed by atoms with E-state index in [-0.39, 0.29) is 68.4 Å². The van der Waals surface area contributed by atoms with Crippen LogP contribution in [-0.2, 0) is 14.8 Å². The molecule has 0 aromatic heterocycles. The van der Waals surface area contributed by atoms with Crippen LogP contribution in [0.15, 0.2) is 4.99 Å². The lowest BCUT2D eigenvalue weighted by atomic mass is 10.1.